The van der Waals surface area contributed by atoms with Crippen LogP contribution < -0.4 is 4.90 Å². The zero-order valence-corrected chi connectivity index (χ0v) is 21.5. The highest BCUT2D eigenvalue weighted by Gasteiger charge is 2.47. The third kappa shape index (κ3) is 4.87. The number of amides is 3. The van der Waals surface area contributed by atoms with E-state index in [1.165, 1.54) is 4.90 Å². The van der Waals surface area contributed by atoms with Crippen molar-refractivity contribution in [3.8, 4) is 11.5 Å². The van der Waals surface area contributed by atoms with Crippen molar-refractivity contribution < 1.29 is 18.8 Å². The van der Waals surface area contributed by atoms with E-state index in [1.807, 2.05) is 45.0 Å². The smallest absolute Gasteiger partial charge is 0.257 e. The fourth-order valence-corrected chi connectivity index (χ4v) is 4.84. The van der Waals surface area contributed by atoms with Crippen molar-refractivity contribution in [1.29, 1.82) is 0 Å². The quantitative estimate of drug-likeness (QED) is 0.321. The minimum Gasteiger partial charge on any atom is -0.436 e. The van der Waals surface area contributed by atoms with Crippen LogP contribution in [0.5, 0.6) is 0 Å². The normalized spacial score (nSPS) is 16.0. The number of anilines is 1. The van der Waals surface area contributed by atoms with Gasteiger partial charge in [-0.15, -0.1) is 0 Å². The molecule has 0 bridgehead atoms. The van der Waals surface area contributed by atoms with Gasteiger partial charge < -0.3 is 9.32 Å². The van der Waals surface area contributed by atoms with E-state index in [-0.39, 0.29) is 24.7 Å². The van der Waals surface area contributed by atoms with Gasteiger partial charge >= 0.3 is 0 Å². The first-order valence-electron chi connectivity index (χ1n) is 12.0. The Hall–Kier alpha value is -3.97. The number of halogens is 1. The Morgan fingerprint density at radius 2 is 1.70 bits per heavy atom. The molecule has 3 aromatic carbocycles. The number of nitrogens with zero attached hydrogens (tertiary/aromatic N) is 3. The summed E-state index contributed by atoms with van der Waals surface area (Å²) in [6.07, 6.45) is 0.0287. The highest BCUT2D eigenvalue weighted by atomic mass is 35.5. The largest absolute Gasteiger partial charge is 0.436 e. The van der Waals surface area contributed by atoms with Crippen LogP contribution >= 0.6 is 11.6 Å². The molecule has 1 atom stereocenters. The van der Waals surface area contributed by atoms with Crippen molar-refractivity contribution in [3.05, 3.63) is 83.4 Å². The molecular formula is C29H26ClN3O4. The van der Waals surface area contributed by atoms with Gasteiger partial charge in [-0.05, 0) is 74.9 Å². The number of hydrogen-bond acceptors (Lipinski definition) is 5. The molecule has 0 N–H and O–H groups in total. The van der Waals surface area contributed by atoms with Crippen molar-refractivity contribution in [3.63, 3.8) is 0 Å². The first kappa shape index (κ1) is 24.7. The molecule has 1 aliphatic heterocycles. The molecule has 1 saturated heterocycles. The maximum absolute atomic E-state index is 13.5. The van der Waals surface area contributed by atoms with Gasteiger partial charge in [-0.2, -0.15) is 0 Å². The molecule has 8 heteroatoms. The molecule has 1 fully saturated rings. The minimum atomic E-state index is -0.885. The Morgan fingerprint density at radius 1 is 1.03 bits per heavy atom. The Labute approximate surface area is 219 Å². The molecule has 1 unspecified atom stereocenters. The van der Waals surface area contributed by atoms with Crippen LogP contribution in [0, 0.1) is 0 Å². The molecule has 188 valence electrons. The zero-order valence-electron chi connectivity index (χ0n) is 20.8. The molecule has 1 aliphatic rings. The summed E-state index contributed by atoms with van der Waals surface area (Å²) in [7, 11) is 0. The summed E-state index contributed by atoms with van der Waals surface area (Å²) in [4.78, 5) is 47.2. The molecule has 1 aromatic heterocycles. The summed E-state index contributed by atoms with van der Waals surface area (Å²) in [5, 5.41) is 0.582. The van der Waals surface area contributed by atoms with Crippen LogP contribution in [0.2, 0.25) is 5.02 Å². The zero-order chi connectivity index (χ0) is 26.3. The predicted octanol–water partition coefficient (Wildman–Crippen LogP) is 5.65. The number of carbonyl (C=O) groups is 3. The van der Waals surface area contributed by atoms with Crippen LogP contribution in [0.3, 0.4) is 0 Å². The first-order chi connectivity index (χ1) is 17.6. The Balaban J connectivity index is 1.38. The van der Waals surface area contributed by atoms with E-state index in [2.05, 4.69) is 4.98 Å². The van der Waals surface area contributed by atoms with Crippen LogP contribution in [-0.4, -0.2) is 39.2 Å². The lowest BCUT2D eigenvalue weighted by molar-refractivity contribution is -0.143. The molecule has 0 saturated carbocycles. The molecule has 7 nitrogen and oxygen atoms in total. The lowest BCUT2D eigenvalue weighted by Crippen LogP contribution is -2.55. The molecule has 5 rings (SSSR count). The van der Waals surface area contributed by atoms with Crippen molar-refractivity contribution in [2.45, 2.75) is 45.2 Å². The fourth-order valence-electron chi connectivity index (χ4n) is 4.72. The summed E-state index contributed by atoms with van der Waals surface area (Å²) < 4.78 is 5.82. The van der Waals surface area contributed by atoms with Crippen LogP contribution in [0.4, 0.5) is 5.69 Å². The van der Waals surface area contributed by atoms with Crippen LogP contribution in [0.15, 0.2) is 77.2 Å². The third-order valence-electron chi connectivity index (χ3n) is 6.36. The van der Waals surface area contributed by atoms with Gasteiger partial charge in [0, 0.05) is 16.1 Å². The van der Waals surface area contributed by atoms with E-state index in [4.69, 9.17) is 16.0 Å². The number of rotatable bonds is 5. The summed E-state index contributed by atoms with van der Waals surface area (Å²) in [6, 6.07) is 20.5. The molecule has 37 heavy (non-hydrogen) atoms. The van der Waals surface area contributed by atoms with E-state index in [1.54, 1.807) is 48.5 Å². The molecule has 4 aromatic rings. The van der Waals surface area contributed by atoms with Crippen molar-refractivity contribution in [2.24, 2.45) is 0 Å². The van der Waals surface area contributed by atoms with Gasteiger partial charge in [0.15, 0.2) is 5.58 Å². The number of imide groups is 1. The van der Waals surface area contributed by atoms with Gasteiger partial charge in [0.2, 0.25) is 17.7 Å². The summed E-state index contributed by atoms with van der Waals surface area (Å²) in [5.74, 6) is -0.539. The highest BCUT2D eigenvalue weighted by molar-refractivity contribution is 6.30. The SMILES string of the molecule is CC(C)(C)N(C(=O)Cc1ccc(Cl)cc1)C1CC(=O)N(c2ccc(-c3nc4ccccc4o3)cc2)C1=O. The highest BCUT2D eigenvalue weighted by Crippen LogP contribution is 2.32. The average molecular weight is 516 g/mol. The maximum Gasteiger partial charge on any atom is 0.257 e. The van der Waals surface area contributed by atoms with E-state index in [9.17, 15) is 14.4 Å². The van der Waals surface area contributed by atoms with E-state index in [0.717, 1.165) is 21.5 Å². The summed E-state index contributed by atoms with van der Waals surface area (Å²) in [6.45, 7) is 5.59. The lowest BCUT2D eigenvalue weighted by atomic mass is 9.99. The second-order valence-electron chi connectivity index (χ2n) is 10.1. The fraction of sp³-hybridized carbons (Fsp3) is 0.241. The topological polar surface area (TPSA) is 83.7 Å². The van der Waals surface area contributed by atoms with Gasteiger partial charge in [0.05, 0.1) is 18.5 Å². The minimum absolute atomic E-state index is 0.0741. The molecule has 3 amide bonds. The van der Waals surface area contributed by atoms with Crippen molar-refractivity contribution in [1.82, 2.24) is 9.88 Å². The number of oxazole rings is 1. The Morgan fingerprint density at radius 3 is 2.35 bits per heavy atom. The molecular weight excluding hydrogens is 490 g/mol. The maximum atomic E-state index is 13.5. The predicted molar refractivity (Wildman–Crippen MR) is 142 cm³/mol. The number of para-hydroxylation sites is 2. The van der Waals surface area contributed by atoms with E-state index in [0.29, 0.717) is 22.2 Å². The standard InChI is InChI=1S/C29H26ClN3O4/c1-29(2,3)33(26(35)16-18-8-12-20(30)13-9-18)23-17-25(34)32(28(23)36)21-14-10-19(11-15-21)27-31-22-6-4-5-7-24(22)37-27/h4-15,23H,16-17H2,1-3H3. The number of fused-ring (bicyclic) bond motifs is 1. The monoisotopic (exact) mass is 515 g/mol. The Kier molecular flexibility index (Phi) is 6.33. The van der Waals surface area contributed by atoms with Crippen LogP contribution in [0.1, 0.15) is 32.8 Å². The van der Waals surface area contributed by atoms with Gasteiger partial charge in [-0.25, -0.2) is 9.88 Å². The number of benzene rings is 3. The van der Waals surface area contributed by atoms with Gasteiger partial charge in [0.1, 0.15) is 11.6 Å². The molecule has 0 aliphatic carbocycles. The lowest BCUT2D eigenvalue weighted by Gasteiger charge is -2.39. The summed E-state index contributed by atoms with van der Waals surface area (Å²) >= 11 is 5.97. The van der Waals surface area contributed by atoms with Crippen LogP contribution in [0.25, 0.3) is 22.6 Å². The van der Waals surface area contributed by atoms with Crippen molar-refractivity contribution in [2.75, 3.05) is 4.90 Å². The van der Waals surface area contributed by atoms with E-state index >= 15 is 0 Å². The molecule has 0 radical (unpaired) electrons. The number of hydrogen-bond donors (Lipinski definition) is 0. The van der Waals surface area contributed by atoms with Gasteiger partial charge in [-0.3, -0.25) is 14.4 Å². The van der Waals surface area contributed by atoms with E-state index < -0.39 is 17.5 Å². The first-order valence-corrected chi connectivity index (χ1v) is 12.4. The summed E-state index contributed by atoms with van der Waals surface area (Å²) in [5.41, 5.74) is 2.71. The second-order valence-corrected chi connectivity index (χ2v) is 10.5. The van der Waals surface area contributed by atoms with Gasteiger partial charge in [-0.1, -0.05) is 35.9 Å². The van der Waals surface area contributed by atoms with Crippen molar-refractivity contribution >= 4 is 46.1 Å². The third-order valence-corrected chi connectivity index (χ3v) is 6.61. The second kappa shape index (κ2) is 9.48. The van der Waals surface area contributed by atoms with Gasteiger partial charge in [0.25, 0.3) is 5.91 Å². The number of carbonyl (C=O) groups excluding carboxylic acids is 3. The number of aromatic nitrogens is 1. The Bertz CT molecular complexity index is 1450. The average Bonchev–Trinajstić information content (AvgIpc) is 3.40. The molecule has 0 spiro atoms. The molecule has 2 heterocycles. The van der Waals surface area contributed by atoms with Crippen LogP contribution in [-0.2, 0) is 20.8 Å².